The van der Waals surface area contributed by atoms with Gasteiger partial charge in [0.1, 0.15) is 6.10 Å². The first kappa shape index (κ1) is 13.5. The third-order valence-electron chi connectivity index (χ3n) is 3.34. The molecule has 3 heterocycles. The van der Waals surface area contributed by atoms with Gasteiger partial charge in [-0.25, -0.2) is 4.98 Å². The Morgan fingerprint density at radius 3 is 2.85 bits per heavy atom. The lowest BCUT2D eigenvalue weighted by Gasteiger charge is -2.22. The summed E-state index contributed by atoms with van der Waals surface area (Å²) >= 11 is 0. The molecule has 2 atom stereocenters. The molecule has 0 fully saturated rings. The van der Waals surface area contributed by atoms with Gasteiger partial charge in [0.15, 0.2) is 0 Å². The van der Waals surface area contributed by atoms with Gasteiger partial charge in [0, 0.05) is 33.0 Å². The fourth-order valence-electron chi connectivity index (χ4n) is 2.29. The Bertz CT molecular complexity index is 685. The summed E-state index contributed by atoms with van der Waals surface area (Å²) in [6.45, 7) is 0. The standard InChI is InChI=1S/C12H14N2O5S/c1-14(2)20(15,16)19-11-10-8(5-7-13-11)12(17-3)6-4-9(10)18-12/h4-7,9H,1-3H3/t9-,12+/m1/s1. The van der Waals surface area contributed by atoms with E-state index in [4.69, 9.17) is 13.7 Å². The number of hydrogen-bond donors (Lipinski definition) is 0. The predicted molar refractivity (Wildman–Crippen MR) is 69.1 cm³/mol. The lowest BCUT2D eigenvalue weighted by Crippen LogP contribution is -2.28. The van der Waals surface area contributed by atoms with Crippen molar-refractivity contribution in [1.29, 1.82) is 0 Å². The van der Waals surface area contributed by atoms with Crippen LogP contribution < -0.4 is 4.18 Å². The van der Waals surface area contributed by atoms with Crippen molar-refractivity contribution in [3.8, 4) is 5.88 Å². The van der Waals surface area contributed by atoms with Gasteiger partial charge in [0.25, 0.3) is 0 Å². The van der Waals surface area contributed by atoms with Crippen molar-refractivity contribution >= 4 is 10.3 Å². The molecule has 0 N–H and O–H groups in total. The first-order valence-corrected chi connectivity index (χ1v) is 7.30. The summed E-state index contributed by atoms with van der Waals surface area (Å²) < 4.78 is 40.8. The highest BCUT2D eigenvalue weighted by Gasteiger charge is 2.49. The van der Waals surface area contributed by atoms with E-state index in [0.29, 0.717) is 11.1 Å². The van der Waals surface area contributed by atoms with Crippen LogP contribution in [0.2, 0.25) is 0 Å². The third kappa shape index (κ3) is 1.76. The number of fused-ring (bicyclic) bond motifs is 5. The molecule has 0 spiro atoms. The van der Waals surface area contributed by atoms with Crippen LogP contribution in [0.25, 0.3) is 0 Å². The second-order valence-electron chi connectivity index (χ2n) is 4.67. The van der Waals surface area contributed by atoms with Gasteiger partial charge in [-0.1, -0.05) is 0 Å². The van der Waals surface area contributed by atoms with Crippen LogP contribution in [0.3, 0.4) is 0 Å². The highest BCUT2D eigenvalue weighted by atomic mass is 32.2. The molecule has 2 bridgehead atoms. The SMILES string of the molecule is CO[C@@]12C=C[C@@H](O1)c1c2ccnc1OS(=O)(=O)N(C)C. The Morgan fingerprint density at radius 2 is 2.20 bits per heavy atom. The van der Waals surface area contributed by atoms with Crippen LogP contribution in [-0.4, -0.2) is 38.9 Å². The topological polar surface area (TPSA) is 78.0 Å². The van der Waals surface area contributed by atoms with E-state index in [-0.39, 0.29) is 5.88 Å². The summed E-state index contributed by atoms with van der Waals surface area (Å²) in [7, 11) is 0.435. The molecule has 8 heteroatoms. The fourth-order valence-corrected chi connectivity index (χ4v) is 2.77. The molecule has 20 heavy (non-hydrogen) atoms. The number of methoxy groups -OCH3 is 1. The van der Waals surface area contributed by atoms with E-state index >= 15 is 0 Å². The van der Waals surface area contributed by atoms with Crippen molar-refractivity contribution in [1.82, 2.24) is 9.29 Å². The van der Waals surface area contributed by atoms with Crippen LogP contribution in [0.5, 0.6) is 5.88 Å². The molecule has 2 aliphatic rings. The lowest BCUT2D eigenvalue weighted by molar-refractivity contribution is -0.184. The second kappa shape index (κ2) is 4.26. The minimum absolute atomic E-state index is 0.0180. The predicted octanol–water partition coefficient (Wildman–Crippen LogP) is 0.707. The Balaban J connectivity index is 2.07. The molecule has 0 radical (unpaired) electrons. The number of rotatable bonds is 4. The van der Waals surface area contributed by atoms with E-state index < -0.39 is 22.2 Å². The molecule has 1 aromatic rings. The summed E-state index contributed by atoms with van der Waals surface area (Å²) in [5.74, 6) is -0.951. The van der Waals surface area contributed by atoms with Crippen LogP contribution >= 0.6 is 0 Å². The molecule has 0 unspecified atom stereocenters. The summed E-state index contributed by atoms with van der Waals surface area (Å²) in [5, 5.41) is 0. The van der Waals surface area contributed by atoms with Gasteiger partial charge in [-0.05, 0) is 18.2 Å². The van der Waals surface area contributed by atoms with Crippen LogP contribution in [0.4, 0.5) is 0 Å². The van der Waals surface area contributed by atoms with E-state index in [1.54, 1.807) is 18.2 Å². The summed E-state index contributed by atoms with van der Waals surface area (Å²) in [4.78, 5) is 4.00. The van der Waals surface area contributed by atoms with Gasteiger partial charge in [0.2, 0.25) is 11.7 Å². The number of aromatic nitrogens is 1. The zero-order valence-corrected chi connectivity index (χ0v) is 12.0. The van der Waals surface area contributed by atoms with E-state index in [1.807, 2.05) is 0 Å². The summed E-state index contributed by atoms with van der Waals surface area (Å²) in [6.07, 6.45) is 4.65. The maximum Gasteiger partial charge on any atom is 0.386 e. The fraction of sp³-hybridized carbons (Fsp3) is 0.417. The molecule has 0 aromatic carbocycles. The van der Waals surface area contributed by atoms with Gasteiger partial charge < -0.3 is 13.7 Å². The van der Waals surface area contributed by atoms with Gasteiger partial charge in [-0.15, -0.1) is 0 Å². The Morgan fingerprint density at radius 1 is 1.45 bits per heavy atom. The minimum atomic E-state index is -3.87. The average molecular weight is 298 g/mol. The van der Waals surface area contributed by atoms with Crippen molar-refractivity contribution in [2.24, 2.45) is 0 Å². The smallest absolute Gasteiger partial charge is 0.350 e. The largest absolute Gasteiger partial charge is 0.386 e. The second-order valence-corrected chi connectivity index (χ2v) is 6.42. The lowest BCUT2D eigenvalue weighted by atomic mass is 9.96. The third-order valence-corrected chi connectivity index (χ3v) is 4.60. The Hall–Kier alpha value is -1.48. The van der Waals surface area contributed by atoms with E-state index in [9.17, 15) is 8.42 Å². The quantitative estimate of drug-likeness (QED) is 0.762. The van der Waals surface area contributed by atoms with Crippen molar-refractivity contribution in [2.75, 3.05) is 21.2 Å². The zero-order valence-electron chi connectivity index (χ0n) is 11.2. The van der Waals surface area contributed by atoms with Crippen LogP contribution in [0, 0.1) is 0 Å². The maximum absolute atomic E-state index is 11.8. The maximum atomic E-state index is 11.8. The number of nitrogens with zero attached hydrogens (tertiary/aromatic N) is 2. The summed E-state index contributed by atoms with van der Waals surface area (Å²) in [5.41, 5.74) is 1.30. The van der Waals surface area contributed by atoms with Gasteiger partial charge in [-0.2, -0.15) is 12.7 Å². The molecular formula is C12H14N2O5S. The van der Waals surface area contributed by atoms with Crippen LogP contribution in [0.15, 0.2) is 24.4 Å². The van der Waals surface area contributed by atoms with Crippen LogP contribution in [0.1, 0.15) is 17.2 Å². The van der Waals surface area contributed by atoms with E-state index in [2.05, 4.69) is 4.98 Å². The summed E-state index contributed by atoms with van der Waals surface area (Å²) in [6, 6.07) is 1.73. The first-order valence-electron chi connectivity index (χ1n) is 5.93. The molecule has 0 aliphatic carbocycles. The van der Waals surface area contributed by atoms with Crippen molar-refractivity contribution in [3.63, 3.8) is 0 Å². The molecule has 108 valence electrons. The molecule has 0 saturated carbocycles. The molecule has 0 amide bonds. The number of ether oxygens (including phenoxy) is 2. The van der Waals surface area contributed by atoms with Crippen molar-refractivity contribution in [2.45, 2.75) is 11.9 Å². The van der Waals surface area contributed by atoms with E-state index in [0.717, 1.165) is 4.31 Å². The molecule has 1 aromatic heterocycles. The average Bonchev–Trinajstić information content (AvgIpc) is 2.96. The molecule has 3 rings (SSSR count). The highest BCUT2D eigenvalue weighted by Crippen LogP contribution is 2.53. The molecule has 0 saturated heterocycles. The van der Waals surface area contributed by atoms with E-state index in [1.165, 1.54) is 27.4 Å². The molecule has 2 aliphatic heterocycles. The normalized spacial score (nSPS) is 27.1. The van der Waals surface area contributed by atoms with Gasteiger partial charge in [0.05, 0.1) is 5.56 Å². The molecule has 7 nitrogen and oxygen atoms in total. The Kier molecular flexibility index (Phi) is 2.87. The van der Waals surface area contributed by atoms with Crippen molar-refractivity contribution in [3.05, 3.63) is 35.5 Å². The van der Waals surface area contributed by atoms with Gasteiger partial charge in [-0.3, -0.25) is 0 Å². The number of hydrogen-bond acceptors (Lipinski definition) is 6. The number of pyridine rings is 1. The minimum Gasteiger partial charge on any atom is -0.350 e. The first-order chi connectivity index (χ1) is 9.39. The zero-order chi connectivity index (χ0) is 14.5. The Labute approximate surface area is 117 Å². The monoisotopic (exact) mass is 298 g/mol. The van der Waals surface area contributed by atoms with Crippen molar-refractivity contribution < 1.29 is 22.1 Å². The van der Waals surface area contributed by atoms with Gasteiger partial charge >= 0.3 is 10.3 Å². The highest BCUT2D eigenvalue weighted by molar-refractivity contribution is 7.84. The van der Waals surface area contributed by atoms with Crippen LogP contribution in [-0.2, 0) is 25.6 Å². The molecular weight excluding hydrogens is 284 g/mol.